The zero-order valence-electron chi connectivity index (χ0n) is 11.6. The van der Waals surface area contributed by atoms with Crippen LogP contribution >= 0.6 is 11.8 Å². The third kappa shape index (κ3) is 2.71. The summed E-state index contributed by atoms with van der Waals surface area (Å²) in [4.78, 5) is 4.88. The second kappa shape index (κ2) is 5.07. The van der Waals surface area contributed by atoms with Gasteiger partial charge in [0.25, 0.3) is 0 Å². The molecule has 1 aliphatic heterocycles. The maximum atomic E-state index is 4.88. The SMILES string of the molecule is CC1(NC2=NCC3(CCCCC3)CS2)CCCC1. The van der Waals surface area contributed by atoms with Gasteiger partial charge in [0.1, 0.15) is 0 Å². The number of hydrogen-bond donors (Lipinski definition) is 1. The molecule has 0 bridgehead atoms. The molecule has 1 spiro atoms. The summed E-state index contributed by atoms with van der Waals surface area (Å²) in [5.41, 5.74) is 0.896. The normalized spacial score (nSPS) is 30.2. The lowest BCUT2D eigenvalue weighted by atomic mass is 9.75. The van der Waals surface area contributed by atoms with Crippen molar-refractivity contribution in [1.82, 2.24) is 5.32 Å². The van der Waals surface area contributed by atoms with Gasteiger partial charge in [-0.05, 0) is 38.0 Å². The maximum Gasteiger partial charge on any atom is 0.157 e. The van der Waals surface area contributed by atoms with Crippen molar-refractivity contribution < 1.29 is 0 Å². The smallest absolute Gasteiger partial charge is 0.157 e. The van der Waals surface area contributed by atoms with Gasteiger partial charge in [0.15, 0.2) is 5.17 Å². The Morgan fingerprint density at radius 1 is 1.00 bits per heavy atom. The fraction of sp³-hybridized carbons (Fsp3) is 0.933. The lowest BCUT2D eigenvalue weighted by Gasteiger charge is -2.39. The standard InChI is InChI=1S/C15H26N2S/c1-14(7-5-6-8-14)17-13-16-11-15(12-18-13)9-3-2-4-10-15/h2-12H2,1H3,(H,16,17). The number of nitrogens with zero attached hydrogens (tertiary/aromatic N) is 1. The average molecular weight is 266 g/mol. The molecule has 18 heavy (non-hydrogen) atoms. The van der Waals surface area contributed by atoms with Crippen LogP contribution < -0.4 is 5.32 Å². The largest absolute Gasteiger partial charge is 0.360 e. The molecule has 2 fully saturated rings. The van der Waals surface area contributed by atoms with E-state index in [9.17, 15) is 0 Å². The molecule has 0 aromatic heterocycles. The molecule has 0 amide bonds. The van der Waals surface area contributed by atoms with E-state index in [1.54, 1.807) is 0 Å². The van der Waals surface area contributed by atoms with Crippen LogP contribution in [0.15, 0.2) is 4.99 Å². The molecule has 3 aliphatic rings. The van der Waals surface area contributed by atoms with Crippen molar-refractivity contribution in [3.05, 3.63) is 0 Å². The first-order chi connectivity index (χ1) is 8.70. The minimum absolute atomic E-state index is 0.336. The molecule has 0 aromatic rings. The van der Waals surface area contributed by atoms with Crippen LogP contribution in [0.25, 0.3) is 0 Å². The first-order valence-electron chi connectivity index (χ1n) is 7.65. The number of nitrogens with one attached hydrogen (secondary N) is 1. The molecule has 0 atom stereocenters. The quantitative estimate of drug-likeness (QED) is 0.777. The highest BCUT2D eigenvalue weighted by molar-refractivity contribution is 8.13. The number of thioether (sulfide) groups is 1. The molecule has 0 unspecified atom stereocenters. The monoisotopic (exact) mass is 266 g/mol. The maximum absolute atomic E-state index is 4.88. The average Bonchev–Trinajstić information content (AvgIpc) is 2.81. The second-order valence-corrected chi connectivity index (χ2v) is 7.83. The summed E-state index contributed by atoms with van der Waals surface area (Å²) in [5.74, 6) is 1.30. The van der Waals surface area contributed by atoms with E-state index in [0.29, 0.717) is 11.0 Å². The van der Waals surface area contributed by atoms with Gasteiger partial charge in [-0.1, -0.05) is 43.9 Å². The van der Waals surface area contributed by atoms with Crippen LogP contribution in [0.2, 0.25) is 0 Å². The van der Waals surface area contributed by atoms with Gasteiger partial charge in [-0.2, -0.15) is 0 Å². The molecule has 1 N–H and O–H groups in total. The van der Waals surface area contributed by atoms with Gasteiger partial charge in [0, 0.05) is 17.8 Å². The van der Waals surface area contributed by atoms with E-state index in [2.05, 4.69) is 12.2 Å². The van der Waals surface area contributed by atoms with Crippen molar-refractivity contribution in [1.29, 1.82) is 0 Å². The molecule has 2 nitrogen and oxygen atoms in total. The van der Waals surface area contributed by atoms with E-state index in [-0.39, 0.29) is 0 Å². The predicted octanol–water partition coefficient (Wildman–Crippen LogP) is 3.96. The highest BCUT2D eigenvalue weighted by atomic mass is 32.2. The van der Waals surface area contributed by atoms with E-state index in [1.165, 1.54) is 68.7 Å². The van der Waals surface area contributed by atoms with Crippen molar-refractivity contribution in [2.24, 2.45) is 10.4 Å². The molecular formula is C15H26N2S. The lowest BCUT2D eigenvalue weighted by molar-refractivity contribution is 0.232. The van der Waals surface area contributed by atoms with Crippen molar-refractivity contribution >= 4 is 16.9 Å². The Balaban J connectivity index is 1.59. The first-order valence-corrected chi connectivity index (χ1v) is 8.64. The summed E-state index contributed by atoms with van der Waals surface area (Å²) in [6.45, 7) is 3.45. The first kappa shape index (κ1) is 12.8. The molecule has 0 aromatic carbocycles. The summed E-state index contributed by atoms with van der Waals surface area (Å²) >= 11 is 1.99. The molecule has 2 aliphatic carbocycles. The second-order valence-electron chi connectivity index (χ2n) is 6.86. The molecule has 0 radical (unpaired) electrons. The van der Waals surface area contributed by atoms with Crippen LogP contribution in [0.5, 0.6) is 0 Å². The minimum Gasteiger partial charge on any atom is -0.360 e. The van der Waals surface area contributed by atoms with E-state index < -0.39 is 0 Å². The van der Waals surface area contributed by atoms with Gasteiger partial charge in [-0.3, -0.25) is 4.99 Å². The van der Waals surface area contributed by atoms with E-state index in [1.807, 2.05) is 11.8 Å². The summed E-state index contributed by atoms with van der Waals surface area (Å²) in [6.07, 6.45) is 12.5. The van der Waals surface area contributed by atoms with Crippen LogP contribution in [0, 0.1) is 5.41 Å². The Labute approximate surface area is 115 Å². The van der Waals surface area contributed by atoms with Crippen LogP contribution in [-0.4, -0.2) is 23.0 Å². The highest BCUT2D eigenvalue weighted by Gasteiger charge is 2.36. The Morgan fingerprint density at radius 2 is 1.67 bits per heavy atom. The van der Waals surface area contributed by atoms with Crippen LogP contribution in [0.4, 0.5) is 0 Å². The molecular weight excluding hydrogens is 240 g/mol. The Bertz CT molecular complexity index is 325. The zero-order valence-corrected chi connectivity index (χ0v) is 12.5. The van der Waals surface area contributed by atoms with E-state index in [0.717, 1.165) is 6.54 Å². The van der Waals surface area contributed by atoms with E-state index >= 15 is 0 Å². The minimum atomic E-state index is 0.336. The Hall–Kier alpha value is -0.180. The summed E-state index contributed by atoms with van der Waals surface area (Å²) in [6, 6.07) is 0. The Kier molecular flexibility index (Phi) is 3.61. The fourth-order valence-electron chi connectivity index (χ4n) is 3.77. The third-order valence-corrected chi connectivity index (χ3v) is 6.36. The van der Waals surface area contributed by atoms with Crippen LogP contribution in [-0.2, 0) is 0 Å². The molecule has 1 heterocycles. The van der Waals surface area contributed by atoms with Gasteiger partial charge in [0.05, 0.1) is 0 Å². The van der Waals surface area contributed by atoms with Gasteiger partial charge in [-0.25, -0.2) is 0 Å². The van der Waals surface area contributed by atoms with E-state index in [4.69, 9.17) is 4.99 Å². The zero-order chi connectivity index (χ0) is 12.5. The summed E-state index contributed by atoms with van der Waals surface area (Å²) < 4.78 is 0. The summed E-state index contributed by atoms with van der Waals surface area (Å²) in [7, 11) is 0. The Morgan fingerprint density at radius 3 is 2.28 bits per heavy atom. The van der Waals surface area contributed by atoms with Crippen LogP contribution in [0.3, 0.4) is 0 Å². The predicted molar refractivity (Wildman–Crippen MR) is 80.3 cm³/mol. The summed E-state index contributed by atoms with van der Waals surface area (Å²) in [5, 5.41) is 4.96. The molecule has 3 rings (SSSR count). The van der Waals surface area contributed by atoms with Gasteiger partial charge in [0.2, 0.25) is 0 Å². The number of hydrogen-bond acceptors (Lipinski definition) is 3. The van der Waals surface area contributed by atoms with Gasteiger partial charge in [-0.15, -0.1) is 0 Å². The van der Waals surface area contributed by atoms with Crippen molar-refractivity contribution in [2.75, 3.05) is 12.3 Å². The van der Waals surface area contributed by atoms with Crippen molar-refractivity contribution in [3.63, 3.8) is 0 Å². The van der Waals surface area contributed by atoms with Crippen molar-refractivity contribution in [3.8, 4) is 0 Å². The highest BCUT2D eigenvalue weighted by Crippen LogP contribution is 2.42. The topological polar surface area (TPSA) is 24.4 Å². The van der Waals surface area contributed by atoms with Gasteiger partial charge < -0.3 is 5.32 Å². The van der Waals surface area contributed by atoms with Gasteiger partial charge >= 0.3 is 0 Å². The van der Waals surface area contributed by atoms with Crippen LogP contribution in [0.1, 0.15) is 64.7 Å². The van der Waals surface area contributed by atoms with Crippen molar-refractivity contribution in [2.45, 2.75) is 70.3 Å². The molecule has 2 saturated carbocycles. The fourth-order valence-corrected chi connectivity index (χ4v) is 5.07. The number of rotatable bonds is 1. The number of amidine groups is 1. The molecule has 102 valence electrons. The molecule has 0 saturated heterocycles. The third-order valence-electron chi connectivity index (χ3n) is 5.10. The lowest BCUT2D eigenvalue weighted by Crippen LogP contribution is -2.45. The number of aliphatic imine (C=N–C) groups is 1. The molecule has 3 heteroatoms.